The van der Waals surface area contributed by atoms with E-state index in [-0.39, 0.29) is 75.3 Å². The number of esters is 4. The van der Waals surface area contributed by atoms with Gasteiger partial charge < -0.3 is 119 Å². The number of carboxylic acid groups (broad SMARTS) is 1. The van der Waals surface area contributed by atoms with E-state index in [1.54, 1.807) is 14.2 Å². The summed E-state index contributed by atoms with van der Waals surface area (Å²) in [6.07, 6.45) is -9.34. The third kappa shape index (κ3) is 27.5. The maximum Gasteiger partial charge on any atom is 0.305 e. The molecule has 7 aliphatic heterocycles. The van der Waals surface area contributed by atoms with Gasteiger partial charge in [0.15, 0.2) is 42.3 Å². The van der Waals surface area contributed by atoms with Crippen LogP contribution in [0.4, 0.5) is 0 Å². The zero-order valence-electron chi connectivity index (χ0n) is 70.5. The first-order chi connectivity index (χ1) is 56.8. The number of fused-ring (bicyclic) bond motifs is 3. The summed E-state index contributed by atoms with van der Waals surface area (Å²) in [5, 5.41) is 18.3. The van der Waals surface area contributed by atoms with Crippen molar-refractivity contribution in [3.8, 4) is 0 Å². The number of Topliss-reactive ketones (excluding diaryl/α,β-unsaturated/α-hetero) is 1. The van der Waals surface area contributed by atoms with Gasteiger partial charge >= 0.3 is 23.9 Å². The van der Waals surface area contributed by atoms with E-state index in [1.165, 1.54) is 48.7 Å². The molecule has 16 atom stereocenters. The van der Waals surface area contributed by atoms with Crippen LogP contribution in [0.2, 0.25) is 0 Å². The van der Waals surface area contributed by atoms with Crippen molar-refractivity contribution >= 4 is 35.6 Å². The van der Waals surface area contributed by atoms with E-state index >= 15 is 0 Å². The van der Waals surface area contributed by atoms with E-state index in [2.05, 4.69) is 72.8 Å². The SMILES string of the molecule is CC(=O)O.CC(C)=O.CC1(C)OC2O[C@H](COC(c3ccccc3)(c3ccccc3)c3ccccc3)[C@H](O)[C@H]2O1.COCCO[C@H]1[C@@H](COC(C)=O)OC(OC(C)=O)[C@@H]1OC(C)=O.COCCO[C@H]1[C@@H](COC(C)=O)OC2OC(C)(C)O[C@@H]21.COCCO[C@H]1[C@@H](COC(c2ccccc2)(c2ccccc2)c2ccccc2)OC2OC(C)(C)O[C@@H]21. The van der Waals surface area contributed by atoms with Crippen molar-refractivity contribution in [3.05, 3.63) is 215 Å². The minimum absolute atomic E-state index is 0.118. The van der Waals surface area contributed by atoms with Crippen LogP contribution in [0.3, 0.4) is 0 Å². The van der Waals surface area contributed by atoms with Crippen LogP contribution in [-0.4, -0.2) is 249 Å². The Balaban J connectivity index is 0.000000196. The topological polar surface area (TPSA) is 346 Å². The molecule has 0 saturated carbocycles. The van der Waals surface area contributed by atoms with Gasteiger partial charge in [0, 0.05) is 55.9 Å². The van der Waals surface area contributed by atoms with Gasteiger partial charge in [-0.1, -0.05) is 182 Å². The molecule has 652 valence electrons. The smallest absolute Gasteiger partial charge is 0.305 e. The fraction of sp³-hybridized carbons (Fsp3) is 0.528. The molecule has 0 amide bonds. The molecule has 6 aromatic carbocycles. The number of ether oxygens (including phenoxy) is 22. The largest absolute Gasteiger partial charge is 0.481 e. The summed E-state index contributed by atoms with van der Waals surface area (Å²) in [5.41, 5.74) is 4.38. The van der Waals surface area contributed by atoms with Crippen LogP contribution in [0, 0.1) is 0 Å². The number of aliphatic hydroxyl groups is 1. The monoisotopic (exact) mass is 1660 g/mol. The highest BCUT2D eigenvalue weighted by molar-refractivity contribution is 5.72. The average Bonchev–Trinajstić information content (AvgIpc) is 0.987. The Morgan fingerprint density at radius 3 is 0.908 bits per heavy atom. The molecule has 30 heteroatoms. The Kier molecular flexibility index (Phi) is 37.1. The van der Waals surface area contributed by atoms with E-state index in [4.69, 9.17) is 114 Å². The van der Waals surface area contributed by atoms with Gasteiger partial charge in [0.2, 0.25) is 6.29 Å². The summed E-state index contributed by atoms with van der Waals surface area (Å²) in [6, 6.07) is 61.3. The zero-order valence-corrected chi connectivity index (χ0v) is 70.5. The third-order valence-electron chi connectivity index (χ3n) is 18.8. The summed E-state index contributed by atoms with van der Waals surface area (Å²) in [6.45, 7) is 22.9. The second-order valence-electron chi connectivity index (χ2n) is 29.8. The Hall–Kier alpha value is -8.42. The molecule has 119 heavy (non-hydrogen) atoms. The van der Waals surface area contributed by atoms with Crippen molar-refractivity contribution in [1.29, 1.82) is 0 Å². The van der Waals surface area contributed by atoms with E-state index in [9.17, 15) is 29.1 Å². The third-order valence-corrected chi connectivity index (χ3v) is 18.8. The van der Waals surface area contributed by atoms with Crippen molar-refractivity contribution < 1.29 is 143 Å². The molecule has 0 bridgehead atoms. The second kappa shape index (κ2) is 46.0. The Bertz CT molecular complexity index is 3820. The summed E-state index contributed by atoms with van der Waals surface area (Å²) in [7, 11) is 4.77. The van der Waals surface area contributed by atoms with Gasteiger partial charge in [0.25, 0.3) is 5.97 Å². The number of ketones is 1. The molecule has 2 N–H and O–H groups in total. The van der Waals surface area contributed by atoms with Crippen LogP contribution in [0.25, 0.3) is 0 Å². The number of hydrogen-bond acceptors (Lipinski definition) is 29. The number of aliphatic hydroxyl groups excluding tert-OH is 1. The average molecular weight is 1670 g/mol. The predicted octanol–water partition coefficient (Wildman–Crippen LogP) is 10.1. The summed E-state index contributed by atoms with van der Waals surface area (Å²) >= 11 is 0. The van der Waals surface area contributed by atoms with E-state index < -0.39 is 120 Å². The van der Waals surface area contributed by atoms with Gasteiger partial charge in [-0.25, -0.2) is 0 Å². The molecule has 7 heterocycles. The van der Waals surface area contributed by atoms with Crippen molar-refractivity contribution in [1.82, 2.24) is 0 Å². The number of carboxylic acids is 1. The van der Waals surface area contributed by atoms with Crippen molar-refractivity contribution in [2.75, 3.05) is 87.4 Å². The molecule has 0 aliphatic carbocycles. The number of methoxy groups -OCH3 is 3. The first-order valence-corrected chi connectivity index (χ1v) is 39.3. The standard InChI is InChI=1S/C30H34O6.C27H28O5.C14H22O9.C13H22O7.C3H6O.C2H4O2/c1-29(2)35-27-26(32-20-19-31-3)25(34-28(27)36-29)21-33-30(22-13-7-4-8-14-22,23-15-9-5-10-16-23)24-17-11-6-12-18-24;1-26(2)31-24-23(28)22(30-25(24)32-26)18-29-27(19-12-6-3-7-13-19,20-14-8-4-9-15-20)21-16-10-5-11-17-21;1-8(15)20-7-11-12(19-6-5-18-4)13(21-9(2)16)14(23-11)22-10(3)17;1-8(14)17-7-9-10(16-6-5-15-4)11-12(18-9)20-13(2,3)19-11;1-3(2)4;1-2(3)4/h4-18,25-28H,19-21H2,1-3H3;3-17,22-25,28H,18H2,1-2H3;11-14H,5-7H2,1-4H3;9-12H,5-7H2,1-4H3;1-2H3;1H3,(H,3,4)/t25-,26+,27-,28?;22-,23+,24-,25?;11-,12+,13-,14?;9-,10+,11-,12?;;/m1111../s1. The quantitative estimate of drug-likeness (QED) is 0.0183. The van der Waals surface area contributed by atoms with Gasteiger partial charge in [0.05, 0.1) is 52.9 Å². The molecule has 7 aliphatic rings. The van der Waals surface area contributed by atoms with Crippen LogP contribution in [-0.2, 0) is 144 Å². The van der Waals surface area contributed by atoms with Crippen LogP contribution in [0.15, 0.2) is 182 Å². The zero-order chi connectivity index (χ0) is 86.5. The highest BCUT2D eigenvalue weighted by Crippen LogP contribution is 2.47. The lowest BCUT2D eigenvalue weighted by Crippen LogP contribution is -2.42. The summed E-state index contributed by atoms with van der Waals surface area (Å²) < 4.78 is 125. The predicted molar refractivity (Wildman–Crippen MR) is 426 cm³/mol. The lowest BCUT2D eigenvalue weighted by molar-refractivity contribution is -0.227. The van der Waals surface area contributed by atoms with E-state index in [0.29, 0.717) is 33.0 Å². The van der Waals surface area contributed by atoms with Crippen LogP contribution < -0.4 is 0 Å². The number of rotatable bonds is 30. The van der Waals surface area contributed by atoms with Crippen molar-refractivity contribution in [3.63, 3.8) is 0 Å². The number of benzene rings is 6. The minimum Gasteiger partial charge on any atom is -0.481 e. The minimum atomic E-state index is -1.13. The van der Waals surface area contributed by atoms with E-state index in [0.717, 1.165) is 40.3 Å². The lowest BCUT2D eigenvalue weighted by atomic mass is 9.80. The molecule has 0 aromatic heterocycles. The normalized spacial score (nSPS) is 26.2. The molecular weight excluding hydrogens is 1550 g/mol. The maximum absolute atomic E-state index is 11.3. The first kappa shape index (κ1) is 96.0. The molecular formula is C89H116O30. The second-order valence-corrected chi connectivity index (χ2v) is 29.8. The molecule has 0 spiro atoms. The number of carbonyl (C=O) groups excluding carboxylic acids is 5. The molecule has 30 nitrogen and oxygen atoms in total. The number of aliphatic carboxylic acids is 1. The molecule has 13 rings (SSSR count). The summed E-state index contributed by atoms with van der Waals surface area (Å²) in [5.74, 6) is -4.91. The number of carbonyl (C=O) groups is 6. The number of hydrogen-bond donors (Lipinski definition) is 2. The fourth-order valence-electron chi connectivity index (χ4n) is 14.2. The highest BCUT2D eigenvalue weighted by Gasteiger charge is 2.59. The van der Waals surface area contributed by atoms with Gasteiger partial charge in [-0.2, -0.15) is 0 Å². The van der Waals surface area contributed by atoms with Gasteiger partial charge in [-0.05, 0) is 88.8 Å². The first-order valence-electron chi connectivity index (χ1n) is 39.3. The Morgan fingerprint density at radius 2 is 0.613 bits per heavy atom. The van der Waals surface area contributed by atoms with Crippen molar-refractivity contribution in [2.24, 2.45) is 0 Å². The molecule has 0 radical (unpaired) electrons. The fourth-order valence-corrected chi connectivity index (χ4v) is 14.2. The maximum atomic E-state index is 11.3. The van der Waals surface area contributed by atoms with Crippen LogP contribution in [0.1, 0.15) is 123 Å². The summed E-state index contributed by atoms with van der Waals surface area (Å²) in [4.78, 5) is 62.8. The van der Waals surface area contributed by atoms with Crippen molar-refractivity contribution in [2.45, 2.75) is 217 Å². The Morgan fingerprint density at radius 1 is 0.345 bits per heavy atom. The molecule has 7 saturated heterocycles. The lowest BCUT2D eigenvalue weighted by Gasteiger charge is -2.37. The van der Waals surface area contributed by atoms with Gasteiger partial charge in [-0.15, -0.1) is 0 Å². The van der Waals surface area contributed by atoms with Crippen LogP contribution >= 0.6 is 0 Å². The Labute approximate surface area is 695 Å². The highest BCUT2D eigenvalue weighted by atomic mass is 16.9. The van der Waals surface area contributed by atoms with E-state index in [1.807, 2.05) is 151 Å². The molecule has 4 unspecified atom stereocenters. The van der Waals surface area contributed by atoms with Gasteiger partial charge in [0.1, 0.15) is 97.3 Å². The molecule has 7 fully saturated rings. The van der Waals surface area contributed by atoms with Gasteiger partial charge in [-0.3, -0.25) is 24.0 Å². The molecule has 6 aromatic rings. The van der Waals surface area contributed by atoms with Crippen LogP contribution in [0.5, 0.6) is 0 Å².